The van der Waals surface area contributed by atoms with Crippen LogP contribution in [-0.2, 0) is 14.8 Å². The summed E-state index contributed by atoms with van der Waals surface area (Å²) in [4.78, 5) is 16.6. The number of nitrogens with one attached hydrogen (secondary N) is 1. The van der Waals surface area contributed by atoms with Crippen molar-refractivity contribution in [1.29, 1.82) is 0 Å². The molecular formula is C18H27N3O3S2. The van der Waals surface area contributed by atoms with Crippen molar-refractivity contribution in [2.24, 2.45) is 0 Å². The van der Waals surface area contributed by atoms with Gasteiger partial charge in [-0.3, -0.25) is 4.79 Å². The van der Waals surface area contributed by atoms with Gasteiger partial charge in [0.15, 0.2) is 5.13 Å². The van der Waals surface area contributed by atoms with Crippen molar-refractivity contribution in [3.05, 3.63) is 18.2 Å². The van der Waals surface area contributed by atoms with Crippen LogP contribution in [0.5, 0.6) is 0 Å². The number of rotatable bonds is 10. The van der Waals surface area contributed by atoms with Crippen molar-refractivity contribution in [2.45, 2.75) is 57.3 Å². The number of aromatic nitrogens is 1. The number of benzene rings is 1. The number of unbranched alkanes of at least 4 members (excludes halogenated alkanes) is 4. The Labute approximate surface area is 159 Å². The van der Waals surface area contributed by atoms with Crippen LogP contribution in [0.1, 0.15) is 52.4 Å². The lowest BCUT2D eigenvalue weighted by Crippen LogP contribution is -2.26. The predicted molar refractivity (Wildman–Crippen MR) is 107 cm³/mol. The van der Waals surface area contributed by atoms with Gasteiger partial charge in [-0.15, -0.1) is 0 Å². The summed E-state index contributed by atoms with van der Waals surface area (Å²) in [6.07, 6.45) is 5.98. The first-order chi connectivity index (χ1) is 12.4. The average Bonchev–Trinajstić information content (AvgIpc) is 3.01. The molecule has 26 heavy (non-hydrogen) atoms. The number of carbonyl (C=O) groups is 1. The predicted octanol–water partition coefficient (Wildman–Crippen LogP) is 4.24. The number of fused-ring (bicyclic) bond motifs is 1. The maximum absolute atomic E-state index is 12.4. The summed E-state index contributed by atoms with van der Waals surface area (Å²) in [5.41, 5.74) is 0.686. The Kier molecular flexibility index (Phi) is 7.55. The SMILES string of the molecule is CCCCCCCC(=O)Nc1nc2ccc(S(=O)(=O)N(C)CC)cc2s1. The van der Waals surface area contributed by atoms with E-state index >= 15 is 0 Å². The molecule has 1 heterocycles. The molecule has 0 unspecified atom stereocenters. The first-order valence-corrected chi connectivity index (χ1v) is 11.3. The molecule has 0 saturated carbocycles. The number of anilines is 1. The first kappa shape index (κ1) is 20.8. The minimum Gasteiger partial charge on any atom is -0.302 e. The zero-order chi connectivity index (χ0) is 19.2. The number of thiazole rings is 1. The van der Waals surface area contributed by atoms with E-state index < -0.39 is 10.0 Å². The van der Waals surface area contributed by atoms with Crippen molar-refractivity contribution in [1.82, 2.24) is 9.29 Å². The van der Waals surface area contributed by atoms with Crippen LogP contribution in [0, 0.1) is 0 Å². The van der Waals surface area contributed by atoms with Crippen LogP contribution >= 0.6 is 11.3 Å². The Hall–Kier alpha value is -1.51. The van der Waals surface area contributed by atoms with Gasteiger partial charge in [-0.05, 0) is 24.6 Å². The van der Waals surface area contributed by atoms with E-state index in [2.05, 4.69) is 17.2 Å². The van der Waals surface area contributed by atoms with Gasteiger partial charge in [-0.1, -0.05) is 50.9 Å². The average molecular weight is 398 g/mol. The van der Waals surface area contributed by atoms with Crippen LogP contribution < -0.4 is 5.32 Å². The smallest absolute Gasteiger partial charge is 0.242 e. The zero-order valence-corrected chi connectivity index (χ0v) is 17.3. The largest absolute Gasteiger partial charge is 0.302 e. The van der Waals surface area contributed by atoms with E-state index in [0.29, 0.717) is 23.6 Å². The molecule has 0 spiro atoms. The minimum atomic E-state index is -3.49. The van der Waals surface area contributed by atoms with E-state index in [1.165, 1.54) is 28.5 Å². The lowest BCUT2D eigenvalue weighted by molar-refractivity contribution is -0.116. The van der Waals surface area contributed by atoms with Gasteiger partial charge < -0.3 is 5.32 Å². The Morgan fingerprint density at radius 2 is 1.92 bits per heavy atom. The summed E-state index contributed by atoms with van der Waals surface area (Å²) in [7, 11) is -1.94. The fourth-order valence-electron chi connectivity index (χ4n) is 2.54. The lowest BCUT2D eigenvalue weighted by atomic mass is 10.1. The molecule has 0 aliphatic carbocycles. The molecule has 0 radical (unpaired) electrons. The van der Waals surface area contributed by atoms with Crippen LogP contribution in [0.4, 0.5) is 5.13 Å². The fourth-order valence-corrected chi connectivity index (χ4v) is 4.74. The number of amides is 1. The molecule has 0 atom stereocenters. The van der Waals surface area contributed by atoms with Crippen molar-refractivity contribution in [3.8, 4) is 0 Å². The number of sulfonamides is 1. The van der Waals surface area contributed by atoms with Gasteiger partial charge in [0.1, 0.15) is 0 Å². The summed E-state index contributed by atoms with van der Waals surface area (Å²) in [5.74, 6) is -0.0425. The summed E-state index contributed by atoms with van der Waals surface area (Å²) in [6, 6.07) is 4.86. The Bertz CT molecular complexity index is 846. The summed E-state index contributed by atoms with van der Waals surface area (Å²) < 4.78 is 26.9. The topological polar surface area (TPSA) is 79.4 Å². The second kappa shape index (κ2) is 9.43. The van der Waals surface area contributed by atoms with Crippen LogP contribution in [0.2, 0.25) is 0 Å². The second-order valence-electron chi connectivity index (χ2n) is 6.28. The first-order valence-electron chi connectivity index (χ1n) is 9.05. The molecule has 1 aromatic carbocycles. The van der Waals surface area contributed by atoms with E-state index in [1.807, 2.05) is 0 Å². The number of carbonyl (C=O) groups excluding carboxylic acids is 1. The standard InChI is InChI=1S/C18H27N3O3S2/c1-4-6-7-8-9-10-17(22)20-18-19-15-12-11-14(13-16(15)25-18)26(23,24)21(3)5-2/h11-13H,4-10H2,1-3H3,(H,19,20,22). The molecule has 2 aromatic rings. The molecule has 0 aliphatic heterocycles. The van der Waals surface area contributed by atoms with Gasteiger partial charge in [0.2, 0.25) is 15.9 Å². The van der Waals surface area contributed by atoms with Gasteiger partial charge in [0.25, 0.3) is 0 Å². The summed E-state index contributed by atoms with van der Waals surface area (Å²) >= 11 is 1.30. The minimum absolute atomic E-state index is 0.0425. The van der Waals surface area contributed by atoms with E-state index in [1.54, 1.807) is 32.2 Å². The molecule has 8 heteroatoms. The second-order valence-corrected chi connectivity index (χ2v) is 9.36. The Morgan fingerprint density at radius 1 is 1.19 bits per heavy atom. The summed E-state index contributed by atoms with van der Waals surface area (Å²) in [6.45, 7) is 4.36. The highest BCUT2D eigenvalue weighted by Gasteiger charge is 2.20. The lowest BCUT2D eigenvalue weighted by Gasteiger charge is -2.14. The monoisotopic (exact) mass is 397 g/mol. The van der Waals surface area contributed by atoms with Gasteiger partial charge in [-0.25, -0.2) is 17.7 Å². The van der Waals surface area contributed by atoms with Crippen molar-refractivity contribution >= 4 is 42.6 Å². The zero-order valence-electron chi connectivity index (χ0n) is 15.6. The normalized spacial score (nSPS) is 12.0. The molecule has 1 aromatic heterocycles. The van der Waals surface area contributed by atoms with Gasteiger partial charge in [0.05, 0.1) is 15.1 Å². The van der Waals surface area contributed by atoms with Gasteiger partial charge in [0, 0.05) is 20.0 Å². The molecule has 0 saturated heterocycles. The maximum atomic E-state index is 12.4. The van der Waals surface area contributed by atoms with E-state index in [-0.39, 0.29) is 10.8 Å². The van der Waals surface area contributed by atoms with Crippen LogP contribution in [0.3, 0.4) is 0 Å². The van der Waals surface area contributed by atoms with Crippen molar-refractivity contribution in [3.63, 3.8) is 0 Å². The molecule has 6 nitrogen and oxygen atoms in total. The molecule has 1 N–H and O–H groups in total. The fraction of sp³-hybridized carbons (Fsp3) is 0.556. The molecule has 1 amide bonds. The highest BCUT2D eigenvalue weighted by atomic mass is 32.2. The maximum Gasteiger partial charge on any atom is 0.242 e. The molecule has 0 aliphatic rings. The van der Waals surface area contributed by atoms with Crippen LogP contribution in [-0.4, -0.2) is 37.2 Å². The highest BCUT2D eigenvalue weighted by Crippen LogP contribution is 2.29. The number of nitrogens with zero attached hydrogens (tertiary/aromatic N) is 2. The van der Waals surface area contributed by atoms with E-state index in [4.69, 9.17) is 0 Å². The third kappa shape index (κ3) is 5.25. The quantitative estimate of drug-likeness (QED) is 0.608. The third-order valence-electron chi connectivity index (χ3n) is 4.27. The Balaban J connectivity index is 2.04. The van der Waals surface area contributed by atoms with Crippen molar-refractivity contribution in [2.75, 3.05) is 18.9 Å². The van der Waals surface area contributed by atoms with Gasteiger partial charge >= 0.3 is 0 Å². The van der Waals surface area contributed by atoms with Crippen LogP contribution in [0.25, 0.3) is 10.2 Å². The molecule has 144 valence electrons. The van der Waals surface area contributed by atoms with Crippen molar-refractivity contribution < 1.29 is 13.2 Å². The van der Waals surface area contributed by atoms with E-state index in [9.17, 15) is 13.2 Å². The van der Waals surface area contributed by atoms with E-state index in [0.717, 1.165) is 24.0 Å². The summed E-state index contributed by atoms with van der Waals surface area (Å²) in [5, 5.41) is 3.33. The molecule has 2 rings (SSSR count). The molecular weight excluding hydrogens is 370 g/mol. The molecule has 0 bridgehead atoms. The third-order valence-corrected chi connectivity index (χ3v) is 7.13. The molecule has 0 fully saturated rings. The highest BCUT2D eigenvalue weighted by molar-refractivity contribution is 7.89. The van der Waals surface area contributed by atoms with Crippen LogP contribution in [0.15, 0.2) is 23.1 Å². The number of hydrogen-bond donors (Lipinski definition) is 1. The Morgan fingerprint density at radius 3 is 2.62 bits per heavy atom. The van der Waals surface area contributed by atoms with Gasteiger partial charge in [-0.2, -0.15) is 0 Å². The number of hydrogen-bond acceptors (Lipinski definition) is 5.